The van der Waals surface area contributed by atoms with Crippen LogP contribution >= 0.6 is 0 Å². The van der Waals surface area contributed by atoms with Crippen molar-refractivity contribution in [1.82, 2.24) is 4.90 Å². The number of epoxide rings is 1. The van der Waals surface area contributed by atoms with E-state index >= 15 is 0 Å². The highest BCUT2D eigenvalue weighted by molar-refractivity contribution is 5.25. The summed E-state index contributed by atoms with van der Waals surface area (Å²) in [6.07, 6.45) is 0.373. The van der Waals surface area contributed by atoms with Gasteiger partial charge in [0.2, 0.25) is 0 Å². The summed E-state index contributed by atoms with van der Waals surface area (Å²) in [6, 6.07) is 8.81. The second-order valence-electron chi connectivity index (χ2n) is 4.45. The molecule has 1 atom stereocenters. The van der Waals surface area contributed by atoms with Gasteiger partial charge in [0.05, 0.1) is 19.8 Å². The molecule has 0 amide bonds. The van der Waals surface area contributed by atoms with Crippen LogP contribution in [0.2, 0.25) is 0 Å². The van der Waals surface area contributed by atoms with Crippen molar-refractivity contribution in [2.45, 2.75) is 12.6 Å². The molecule has 0 N–H and O–H groups in total. The highest BCUT2D eigenvalue weighted by atomic mass is 16.6. The fourth-order valence-electron chi connectivity index (χ4n) is 2.10. The van der Waals surface area contributed by atoms with E-state index < -0.39 is 0 Å². The number of rotatable bonds is 3. The third-order valence-corrected chi connectivity index (χ3v) is 3.19. The average molecular weight is 219 g/mol. The molecule has 0 aromatic heterocycles. The van der Waals surface area contributed by atoms with Crippen molar-refractivity contribution in [3.63, 3.8) is 0 Å². The zero-order valence-corrected chi connectivity index (χ0v) is 9.39. The Balaban J connectivity index is 1.60. The van der Waals surface area contributed by atoms with Gasteiger partial charge in [-0.3, -0.25) is 4.90 Å². The Bertz CT molecular complexity index is 339. The molecule has 0 unspecified atom stereocenters. The van der Waals surface area contributed by atoms with Crippen LogP contribution in [0.15, 0.2) is 24.3 Å². The van der Waals surface area contributed by atoms with Crippen molar-refractivity contribution in [2.75, 3.05) is 32.9 Å². The molecule has 0 radical (unpaired) electrons. The molecule has 2 aliphatic heterocycles. The van der Waals surface area contributed by atoms with E-state index in [2.05, 4.69) is 29.2 Å². The van der Waals surface area contributed by atoms with E-state index in [1.807, 2.05) is 0 Å². The Morgan fingerprint density at radius 2 is 1.81 bits per heavy atom. The van der Waals surface area contributed by atoms with Gasteiger partial charge in [-0.15, -0.1) is 0 Å². The van der Waals surface area contributed by atoms with Gasteiger partial charge in [-0.25, -0.2) is 0 Å². The van der Waals surface area contributed by atoms with Crippen LogP contribution in [0, 0.1) is 0 Å². The van der Waals surface area contributed by atoms with Gasteiger partial charge in [0.15, 0.2) is 0 Å². The zero-order chi connectivity index (χ0) is 10.8. The first-order valence-corrected chi connectivity index (χ1v) is 5.92. The number of benzene rings is 1. The lowest BCUT2D eigenvalue weighted by atomic mass is 10.1. The normalized spacial score (nSPS) is 25.6. The molecule has 1 aromatic carbocycles. The Labute approximate surface area is 96.0 Å². The monoisotopic (exact) mass is 219 g/mol. The third kappa shape index (κ3) is 2.43. The summed E-state index contributed by atoms with van der Waals surface area (Å²) in [4.78, 5) is 2.44. The van der Waals surface area contributed by atoms with E-state index in [4.69, 9.17) is 9.47 Å². The summed E-state index contributed by atoms with van der Waals surface area (Å²) in [6.45, 7) is 5.76. The maximum Gasteiger partial charge on any atom is 0.106 e. The van der Waals surface area contributed by atoms with Crippen LogP contribution in [0.5, 0.6) is 0 Å². The van der Waals surface area contributed by atoms with Crippen LogP contribution in [0.4, 0.5) is 0 Å². The second-order valence-corrected chi connectivity index (χ2v) is 4.45. The topological polar surface area (TPSA) is 25.0 Å². The lowest BCUT2D eigenvalue weighted by molar-refractivity contribution is 0.0342. The van der Waals surface area contributed by atoms with Crippen molar-refractivity contribution in [1.29, 1.82) is 0 Å². The van der Waals surface area contributed by atoms with Gasteiger partial charge in [-0.1, -0.05) is 24.3 Å². The summed E-state index contributed by atoms with van der Waals surface area (Å²) >= 11 is 0. The Morgan fingerprint density at radius 3 is 2.44 bits per heavy atom. The molecule has 3 nitrogen and oxygen atoms in total. The first-order chi connectivity index (χ1) is 7.92. The van der Waals surface area contributed by atoms with E-state index in [-0.39, 0.29) is 0 Å². The standard InChI is InChI=1S/C13H17NO2/c1-3-12(13-10-16-13)4-2-11(1)9-14-5-7-15-8-6-14/h1-4,13H,5-10H2/t13-/m0/s1. The van der Waals surface area contributed by atoms with Crippen LogP contribution < -0.4 is 0 Å². The SMILES string of the molecule is c1cc([C@@H]2CO2)ccc1CN1CCOCC1. The van der Waals surface area contributed by atoms with Gasteiger partial charge in [-0.2, -0.15) is 0 Å². The first-order valence-electron chi connectivity index (χ1n) is 5.92. The van der Waals surface area contributed by atoms with Crippen molar-refractivity contribution < 1.29 is 9.47 Å². The molecule has 2 saturated heterocycles. The lowest BCUT2D eigenvalue weighted by Crippen LogP contribution is -2.35. The number of morpholine rings is 1. The Kier molecular flexibility index (Phi) is 2.91. The summed E-state index contributed by atoms with van der Waals surface area (Å²) in [5, 5.41) is 0. The molecule has 2 aliphatic rings. The average Bonchev–Trinajstić information content (AvgIpc) is 3.15. The van der Waals surface area contributed by atoms with E-state index in [0.717, 1.165) is 39.5 Å². The van der Waals surface area contributed by atoms with Crippen molar-refractivity contribution >= 4 is 0 Å². The summed E-state index contributed by atoms with van der Waals surface area (Å²) < 4.78 is 10.6. The third-order valence-electron chi connectivity index (χ3n) is 3.19. The van der Waals surface area contributed by atoms with Crippen molar-refractivity contribution in [2.24, 2.45) is 0 Å². The Hall–Kier alpha value is -0.900. The van der Waals surface area contributed by atoms with Gasteiger partial charge in [0.1, 0.15) is 6.10 Å². The minimum Gasteiger partial charge on any atom is -0.379 e. The van der Waals surface area contributed by atoms with E-state index in [1.54, 1.807) is 0 Å². The molecule has 16 heavy (non-hydrogen) atoms. The number of hydrogen-bond donors (Lipinski definition) is 0. The molecule has 1 aromatic rings. The van der Waals surface area contributed by atoms with Gasteiger partial charge in [-0.05, 0) is 11.1 Å². The van der Waals surface area contributed by atoms with Gasteiger partial charge in [0, 0.05) is 19.6 Å². The maximum atomic E-state index is 5.34. The van der Waals surface area contributed by atoms with Crippen molar-refractivity contribution in [3.8, 4) is 0 Å². The highest BCUT2D eigenvalue weighted by Crippen LogP contribution is 2.29. The van der Waals surface area contributed by atoms with Crippen LogP contribution in [-0.4, -0.2) is 37.8 Å². The van der Waals surface area contributed by atoms with Crippen LogP contribution in [0.1, 0.15) is 17.2 Å². The zero-order valence-electron chi connectivity index (χ0n) is 9.39. The Morgan fingerprint density at radius 1 is 1.12 bits per heavy atom. The molecule has 0 aliphatic carbocycles. The molecule has 86 valence electrons. The second kappa shape index (κ2) is 4.53. The predicted molar refractivity (Wildman–Crippen MR) is 61.2 cm³/mol. The van der Waals surface area contributed by atoms with Crippen LogP contribution in [0.25, 0.3) is 0 Å². The smallest absolute Gasteiger partial charge is 0.106 e. The van der Waals surface area contributed by atoms with E-state index in [9.17, 15) is 0 Å². The molecular weight excluding hydrogens is 202 g/mol. The minimum absolute atomic E-state index is 0.373. The highest BCUT2D eigenvalue weighted by Gasteiger charge is 2.24. The first kappa shape index (κ1) is 10.3. The largest absolute Gasteiger partial charge is 0.379 e. The molecular formula is C13H17NO2. The number of hydrogen-bond acceptors (Lipinski definition) is 3. The predicted octanol–water partition coefficient (Wildman–Crippen LogP) is 1.59. The van der Waals surface area contributed by atoms with Crippen molar-refractivity contribution in [3.05, 3.63) is 35.4 Å². The molecule has 0 spiro atoms. The van der Waals surface area contributed by atoms with E-state index in [1.165, 1.54) is 11.1 Å². The van der Waals surface area contributed by atoms with Crippen LogP contribution in [-0.2, 0) is 16.0 Å². The summed E-state index contributed by atoms with van der Waals surface area (Å²) in [7, 11) is 0. The fraction of sp³-hybridized carbons (Fsp3) is 0.538. The molecule has 2 fully saturated rings. The minimum atomic E-state index is 0.373. The van der Waals surface area contributed by atoms with Gasteiger partial charge >= 0.3 is 0 Å². The maximum absolute atomic E-state index is 5.34. The number of ether oxygens (including phenoxy) is 2. The molecule has 2 heterocycles. The molecule has 3 heteroatoms. The lowest BCUT2D eigenvalue weighted by Gasteiger charge is -2.26. The fourth-order valence-corrected chi connectivity index (χ4v) is 2.10. The molecule has 0 bridgehead atoms. The quantitative estimate of drug-likeness (QED) is 0.722. The van der Waals surface area contributed by atoms with Crippen LogP contribution in [0.3, 0.4) is 0 Å². The number of nitrogens with zero attached hydrogens (tertiary/aromatic N) is 1. The molecule has 3 rings (SSSR count). The van der Waals surface area contributed by atoms with Gasteiger partial charge in [0.25, 0.3) is 0 Å². The summed E-state index contributed by atoms with van der Waals surface area (Å²) in [5.41, 5.74) is 2.69. The van der Waals surface area contributed by atoms with Gasteiger partial charge < -0.3 is 9.47 Å². The molecule has 0 saturated carbocycles. The van der Waals surface area contributed by atoms with E-state index in [0.29, 0.717) is 6.10 Å². The summed E-state index contributed by atoms with van der Waals surface area (Å²) in [5.74, 6) is 0.